The average molecular weight is 390 g/mol. The maximum atomic E-state index is 11.3. The van der Waals surface area contributed by atoms with Gasteiger partial charge in [0.15, 0.2) is 0 Å². The first kappa shape index (κ1) is 18.9. The standard InChI is InChI=1S/C21H31N3O2S/c1-27(25,26)23-13-15-6-8-16(9-7-15)14-24-20-11-10-17-4-2-3-5-18(17)19(20)12-21(24)22/h2-5,15-16,19-20,22-23H,6-14H2,1H3. The normalized spacial score (nSPS) is 30.9. The van der Waals surface area contributed by atoms with Crippen molar-refractivity contribution < 1.29 is 8.42 Å². The van der Waals surface area contributed by atoms with E-state index in [0.29, 0.717) is 30.3 Å². The molecule has 4 rings (SSSR count). The monoisotopic (exact) mass is 389 g/mol. The third-order valence-electron chi connectivity index (χ3n) is 6.84. The first-order chi connectivity index (χ1) is 12.9. The summed E-state index contributed by atoms with van der Waals surface area (Å²) in [6, 6.07) is 9.29. The van der Waals surface area contributed by atoms with Gasteiger partial charge in [0, 0.05) is 31.5 Å². The molecule has 1 aromatic carbocycles. The zero-order valence-corrected chi connectivity index (χ0v) is 17.0. The largest absolute Gasteiger partial charge is 0.357 e. The third-order valence-corrected chi connectivity index (χ3v) is 7.54. The van der Waals surface area contributed by atoms with E-state index in [4.69, 9.17) is 5.41 Å². The van der Waals surface area contributed by atoms with Gasteiger partial charge in [-0.15, -0.1) is 0 Å². The molecule has 1 heterocycles. The molecule has 1 aromatic rings. The van der Waals surface area contributed by atoms with E-state index in [-0.39, 0.29) is 0 Å². The van der Waals surface area contributed by atoms with E-state index in [1.54, 1.807) is 0 Å². The van der Waals surface area contributed by atoms with Crippen molar-refractivity contribution in [1.29, 1.82) is 5.41 Å². The lowest BCUT2D eigenvalue weighted by Crippen LogP contribution is -2.41. The van der Waals surface area contributed by atoms with E-state index in [1.807, 2.05) is 0 Å². The van der Waals surface area contributed by atoms with Gasteiger partial charge in [0.05, 0.1) is 12.1 Å². The lowest BCUT2D eigenvalue weighted by molar-refractivity contribution is 0.197. The molecule has 5 nitrogen and oxygen atoms in total. The minimum atomic E-state index is -3.09. The van der Waals surface area contributed by atoms with Gasteiger partial charge in [0.2, 0.25) is 10.0 Å². The van der Waals surface area contributed by atoms with Crippen LogP contribution in [0, 0.1) is 17.2 Å². The van der Waals surface area contributed by atoms with Crippen molar-refractivity contribution in [2.75, 3.05) is 19.3 Å². The number of amidine groups is 1. The summed E-state index contributed by atoms with van der Waals surface area (Å²) in [5.74, 6) is 2.42. The molecule has 1 saturated carbocycles. The fourth-order valence-electron chi connectivity index (χ4n) is 5.39. The van der Waals surface area contributed by atoms with E-state index >= 15 is 0 Å². The fourth-order valence-corrected chi connectivity index (χ4v) is 5.93. The molecule has 3 aliphatic rings. The van der Waals surface area contributed by atoms with Crippen LogP contribution in [-0.4, -0.2) is 44.5 Å². The summed E-state index contributed by atoms with van der Waals surface area (Å²) in [6.45, 7) is 1.58. The van der Waals surface area contributed by atoms with E-state index in [9.17, 15) is 8.42 Å². The number of benzene rings is 1. The second-order valence-electron chi connectivity index (χ2n) is 8.72. The van der Waals surface area contributed by atoms with Crippen LogP contribution in [0.3, 0.4) is 0 Å². The zero-order chi connectivity index (χ0) is 19.0. The number of hydrogen-bond donors (Lipinski definition) is 2. The van der Waals surface area contributed by atoms with Gasteiger partial charge in [0.1, 0.15) is 0 Å². The number of hydrogen-bond acceptors (Lipinski definition) is 3. The Balaban J connectivity index is 1.34. The number of likely N-dealkylation sites (tertiary alicyclic amines) is 1. The summed E-state index contributed by atoms with van der Waals surface area (Å²) >= 11 is 0. The molecule has 2 unspecified atom stereocenters. The van der Waals surface area contributed by atoms with Crippen LogP contribution in [-0.2, 0) is 16.4 Å². The van der Waals surface area contributed by atoms with Crippen LogP contribution in [0.4, 0.5) is 0 Å². The van der Waals surface area contributed by atoms with Crippen molar-refractivity contribution in [3.8, 4) is 0 Å². The average Bonchev–Trinajstić information content (AvgIpc) is 2.96. The third kappa shape index (κ3) is 4.21. The van der Waals surface area contributed by atoms with Gasteiger partial charge in [-0.3, -0.25) is 5.41 Å². The first-order valence-electron chi connectivity index (χ1n) is 10.3. The van der Waals surface area contributed by atoms with E-state index < -0.39 is 10.0 Å². The van der Waals surface area contributed by atoms with Crippen molar-refractivity contribution in [2.24, 2.45) is 11.8 Å². The first-order valence-corrected chi connectivity index (χ1v) is 12.2. The summed E-state index contributed by atoms with van der Waals surface area (Å²) in [7, 11) is -3.09. The minimum absolute atomic E-state index is 0.461. The predicted octanol–water partition coefficient (Wildman–Crippen LogP) is 3.12. The van der Waals surface area contributed by atoms with Gasteiger partial charge in [-0.1, -0.05) is 24.3 Å². The van der Waals surface area contributed by atoms with Gasteiger partial charge >= 0.3 is 0 Å². The number of fused-ring (bicyclic) bond motifs is 3. The molecule has 27 heavy (non-hydrogen) atoms. The quantitative estimate of drug-likeness (QED) is 0.813. The Labute approximate surface area is 163 Å². The van der Waals surface area contributed by atoms with E-state index in [0.717, 1.165) is 57.3 Å². The fraction of sp³-hybridized carbons (Fsp3) is 0.667. The highest BCUT2D eigenvalue weighted by atomic mass is 32.2. The van der Waals surface area contributed by atoms with Crippen LogP contribution in [0.1, 0.15) is 55.6 Å². The molecule has 2 atom stereocenters. The smallest absolute Gasteiger partial charge is 0.208 e. The molecule has 1 aliphatic heterocycles. The van der Waals surface area contributed by atoms with Crippen LogP contribution in [0.2, 0.25) is 0 Å². The summed E-state index contributed by atoms with van der Waals surface area (Å²) in [5, 5.41) is 8.58. The van der Waals surface area contributed by atoms with Crippen molar-refractivity contribution in [2.45, 2.75) is 56.9 Å². The molecule has 2 N–H and O–H groups in total. The molecule has 148 valence electrons. The maximum absolute atomic E-state index is 11.3. The van der Waals surface area contributed by atoms with E-state index in [1.165, 1.54) is 17.4 Å². The number of nitrogens with zero attached hydrogens (tertiary/aromatic N) is 1. The number of aryl methyl sites for hydroxylation is 1. The van der Waals surface area contributed by atoms with Crippen LogP contribution in [0.25, 0.3) is 0 Å². The highest BCUT2D eigenvalue weighted by Gasteiger charge is 2.42. The molecule has 0 radical (unpaired) electrons. The topological polar surface area (TPSA) is 73.3 Å². The Bertz CT molecular complexity index is 799. The molecule has 6 heteroatoms. The minimum Gasteiger partial charge on any atom is -0.357 e. The van der Waals surface area contributed by atoms with Crippen molar-refractivity contribution in [3.63, 3.8) is 0 Å². The highest BCUT2D eigenvalue weighted by Crippen LogP contribution is 2.43. The molecular weight excluding hydrogens is 358 g/mol. The van der Waals surface area contributed by atoms with E-state index in [2.05, 4.69) is 33.9 Å². The summed E-state index contributed by atoms with van der Waals surface area (Å²) in [4.78, 5) is 2.40. The predicted molar refractivity (Wildman–Crippen MR) is 109 cm³/mol. The van der Waals surface area contributed by atoms with Crippen molar-refractivity contribution in [1.82, 2.24) is 9.62 Å². The van der Waals surface area contributed by atoms with Gasteiger partial charge < -0.3 is 4.90 Å². The summed E-state index contributed by atoms with van der Waals surface area (Å²) < 4.78 is 25.2. The molecule has 0 amide bonds. The Hall–Kier alpha value is -1.40. The number of nitrogens with one attached hydrogen (secondary N) is 2. The molecule has 0 spiro atoms. The number of rotatable bonds is 5. The molecule has 0 aromatic heterocycles. The lowest BCUT2D eigenvalue weighted by Gasteiger charge is -2.37. The van der Waals surface area contributed by atoms with Gasteiger partial charge in [0.25, 0.3) is 0 Å². The molecule has 2 fully saturated rings. The molecule has 1 saturated heterocycles. The maximum Gasteiger partial charge on any atom is 0.208 e. The summed E-state index contributed by atoms with van der Waals surface area (Å²) in [6.07, 6.45) is 8.88. The van der Waals surface area contributed by atoms with Gasteiger partial charge in [-0.05, 0) is 61.5 Å². The van der Waals surface area contributed by atoms with Crippen LogP contribution >= 0.6 is 0 Å². The Morgan fingerprint density at radius 3 is 2.56 bits per heavy atom. The van der Waals surface area contributed by atoms with Crippen molar-refractivity contribution in [3.05, 3.63) is 35.4 Å². The molecule has 0 bridgehead atoms. The van der Waals surface area contributed by atoms with Crippen LogP contribution in [0.5, 0.6) is 0 Å². The Morgan fingerprint density at radius 1 is 1.11 bits per heavy atom. The van der Waals surface area contributed by atoms with Gasteiger partial charge in [-0.2, -0.15) is 0 Å². The molecule has 2 aliphatic carbocycles. The zero-order valence-electron chi connectivity index (χ0n) is 16.2. The Morgan fingerprint density at radius 2 is 1.81 bits per heavy atom. The summed E-state index contributed by atoms with van der Waals surface area (Å²) in [5.41, 5.74) is 2.95. The highest BCUT2D eigenvalue weighted by molar-refractivity contribution is 7.88. The van der Waals surface area contributed by atoms with Crippen LogP contribution < -0.4 is 4.72 Å². The SMILES string of the molecule is CS(=O)(=O)NCC1CCC(CN2C(=N)CC3c4ccccc4CCC32)CC1. The second kappa shape index (κ2) is 7.55. The number of sulfonamides is 1. The van der Waals surface area contributed by atoms with Crippen molar-refractivity contribution >= 4 is 15.9 Å². The molecular formula is C21H31N3O2S. The van der Waals surface area contributed by atoms with Crippen LogP contribution in [0.15, 0.2) is 24.3 Å². The Kier molecular flexibility index (Phi) is 5.30. The lowest BCUT2D eigenvalue weighted by atomic mass is 9.79. The van der Waals surface area contributed by atoms with Gasteiger partial charge in [-0.25, -0.2) is 13.1 Å². The second-order valence-corrected chi connectivity index (χ2v) is 10.6.